The van der Waals surface area contributed by atoms with Gasteiger partial charge in [-0.25, -0.2) is 4.39 Å². The molecular weight excluding hydrogens is 329 g/mol. The molecule has 0 spiro atoms. The lowest BCUT2D eigenvalue weighted by atomic mass is 10.2. The van der Waals surface area contributed by atoms with Crippen molar-refractivity contribution < 1.29 is 14.0 Å². The summed E-state index contributed by atoms with van der Waals surface area (Å²) in [6, 6.07) is 9.61. The van der Waals surface area contributed by atoms with Crippen molar-refractivity contribution in [3.8, 4) is 0 Å². The first-order valence-electron chi connectivity index (χ1n) is 7.50. The zero-order chi connectivity index (χ0) is 16.9. The Hall–Kier alpha value is -2.41. The van der Waals surface area contributed by atoms with Crippen molar-refractivity contribution in [2.24, 2.45) is 0 Å². The molecule has 1 aromatic carbocycles. The minimum atomic E-state index is -0.303. The van der Waals surface area contributed by atoms with Crippen LogP contribution in [0.25, 0.3) is 0 Å². The molecule has 1 aliphatic heterocycles. The number of rotatable bonds is 4. The number of halogens is 1. The third-order valence-electron chi connectivity index (χ3n) is 3.71. The summed E-state index contributed by atoms with van der Waals surface area (Å²) in [6.07, 6.45) is 3.29. The van der Waals surface area contributed by atoms with Gasteiger partial charge in [0.25, 0.3) is 0 Å². The topological polar surface area (TPSA) is 53.5 Å². The molecule has 124 valence electrons. The van der Waals surface area contributed by atoms with E-state index in [0.717, 1.165) is 10.6 Å². The van der Waals surface area contributed by atoms with E-state index in [2.05, 4.69) is 4.98 Å². The van der Waals surface area contributed by atoms with Crippen molar-refractivity contribution in [2.45, 2.75) is 4.90 Å². The molecule has 3 rings (SSSR count). The van der Waals surface area contributed by atoms with E-state index in [1.54, 1.807) is 40.4 Å². The average Bonchev–Trinajstić information content (AvgIpc) is 2.61. The van der Waals surface area contributed by atoms with E-state index < -0.39 is 0 Å². The number of piperazine rings is 1. The number of thioether (sulfide) groups is 1. The zero-order valence-corrected chi connectivity index (χ0v) is 13.7. The molecule has 7 heteroatoms. The lowest BCUT2D eigenvalue weighted by Gasteiger charge is -2.34. The Morgan fingerprint density at radius 3 is 2.67 bits per heavy atom. The second-order valence-electron chi connectivity index (χ2n) is 5.31. The van der Waals surface area contributed by atoms with E-state index in [4.69, 9.17) is 0 Å². The third kappa shape index (κ3) is 3.91. The first-order valence-corrected chi connectivity index (χ1v) is 8.48. The molecular formula is C17H16FN3O2S. The van der Waals surface area contributed by atoms with Crippen molar-refractivity contribution in [1.82, 2.24) is 9.88 Å². The number of amides is 2. The normalized spacial score (nSPS) is 14.8. The molecule has 5 nitrogen and oxygen atoms in total. The number of hydrogen-bond acceptors (Lipinski definition) is 4. The molecule has 0 saturated carbocycles. The van der Waals surface area contributed by atoms with Gasteiger partial charge in [0.05, 0.1) is 17.6 Å². The van der Waals surface area contributed by atoms with Crippen LogP contribution >= 0.6 is 11.8 Å². The molecule has 2 aromatic rings. The van der Waals surface area contributed by atoms with Crippen molar-refractivity contribution >= 4 is 29.3 Å². The summed E-state index contributed by atoms with van der Waals surface area (Å²) < 4.78 is 12.9. The number of hydrogen-bond donors (Lipinski definition) is 0. The van der Waals surface area contributed by atoms with Crippen molar-refractivity contribution in [3.05, 3.63) is 54.6 Å². The molecule has 1 aliphatic rings. The van der Waals surface area contributed by atoms with E-state index in [-0.39, 0.29) is 29.9 Å². The molecule has 0 aliphatic carbocycles. The maximum Gasteiger partial charge on any atom is 0.246 e. The molecule has 0 radical (unpaired) electrons. The number of aromatic nitrogens is 1. The zero-order valence-electron chi connectivity index (χ0n) is 12.9. The quantitative estimate of drug-likeness (QED) is 0.797. The summed E-state index contributed by atoms with van der Waals surface area (Å²) in [5, 5.41) is 0. The van der Waals surface area contributed by atoms with E-state index in [0.29, 0.717) is 13.1 Å². The van der Waals surface area contributed by atoms with Crippen molar-refractivity contribution in [3.63, 3.8) is 0 Å². The Bertz CT molecular complexity index is 724. The predicted molar refractivity (Wildman–Crippen MR) is 90.3 cm³/mol. The first-order chi connectivity index (χ1) is 11.6. The van der Waals surface area contributed by atoms with E-state index in [1.807, 2.05) is 6.07 Å². The third-order valence-corrected chi connectivity index (χ3v) is 4.70. The fraction of sp³-hybridized carbons (Fsp3) is 0.235. The fourth-order valence-electron chi connectivity index (χ4n) is 2.44. The average molecular weight is 345 g/mol. The number of pyridine rings is 1. The Morgan fingerprint density at radius 1 is 1.21 bits per heavy atom. The smallest absolute Gasteiger partial charge is 0.246 e. The van der Waals surface area contributed by atoms with Gasteiger partial charge in [-0.2, -0.15) is 0 Å². The summed E-state index contributed by atoms with van der Waals surface area (Å²) in [4.78, 5) is 32.6. The summed E-state index contributed by atoms with van der Waals surface area (Å²) in [6.45, 7) is 1.01. The highest BCUT2D eigenvalue weighted by Gasteiger charge is 2.27. The lowest BCUT2D eigenvalue weighted by molar-refractivity contribution is -0.134. The van der Waals surface area contributed by atoms with E-state index in [9.17, 15) is 14.0 Å². The van der Waals surface area contributed by atoms with Gasteiger partial charge in [0.2, 0.25) is 11.8 Å². The van der Waals surface area contributed by atoms with Crippen LogP contribution in [-0.4, -0.2) is 47.1 Å². The van der Waals surface area contributed by atoms with E-state index in [1.165, 1.54) is 23.9 Å². The summed E-state index contributed by atoms with van der Waals surface area (Å²) in [5.41, 5.74) is 0.746. The second kappa shape index (κ2) is 7.44. The largest absolute Gasteiger partial charge is 0.331 e. The van der Waals surface area contributed by atoms with Crippen LogP contribution in [0.1, 0.15) is 0 Å². The molecule has 2 amide bonds. The first kappa shape index (κ1) is 16.4. The molecule has 0 atom stereocenters. The van der Waals surface area contributed by atoms with Gasteiger partial charge in [-0.05, 0) is 36.4 Å². The summed E-state index contributed by atoms with van der Waals surface area (Å²) in [7, 11) is 0. The highest BCUT2D eigenvalue weighted by Crippen LogP contribution is 2.20. The van der Waals surface area contributed by atoms with Gasteiger partial charge in [0, 0.05) is 24.2 Å². The Labute approximate surface area is 143 Å². The number of carbonyl (C=O) groups is 2. The molecule has 1 aromatic heterocycles. The molecule has 1 fully saturated rings. The number of anilines is 1. The fourth-order valence-corrected chi connectivity index (χ4v) is 3.24. The van der Waals surface area contributed by atoms with Crippen LogP contribution in [0.5, 0.6) is 0 Å². The summed E-state index contributed by atoms with van der Waals surface area (Å²) in [5.74, 6) is -0.285. The molecule has 0 unspecified atom stereocenters. The van der Waals surface area contributed by atoms with Crippen LogP contribution in [0.15, 0.2) is 53.7 Å². The maximum absolute atomic E-state index is 12.9. The minimum absolute atomic E-state index is 0.0672. The molecule has 0 bridgehead atoms. The molecule has 24 heavy (non-hydrogen) atoms. The predicted octanol–water partition coefficient (Wildman–Crippen LogP) is 2.19. The Morgan fingerprint density at radius 2 is 2.00 bits per heavy atom. The highest BCUT2D eigenvalue weighted by molar-refractivity contribution is 8.00. The van der Waals surface area contributed by atoms with Crippen LogP contribution in [-0.2, 0) is 9.59 Å². The van der Waals surface area contributed by atoms with Crippen LogP contribution < -0.4 is 4.90 Å². The van der Waals surface area contributed by atoms with Gasteiger partial charge in [0.1, 0.15) is 12.4 Å². The number of nitrogens with zero attached hydrogens (tertiary/aromatic N) is 3. The summed E-state index contributed by atoms with van der Waals surface area (Å²) >= 11 is 1.34. The Kier molecular flexibility index (Phi) is 5.10. The molecule has 2 heterocycles. The van der Waals surface area contributed by atoms with E-state index >= 15 is 0 Å². The highest BCUT2D eigenvalue weighted by atomic mass is 32.2. The standard InChI is InChI=1S/C17H16FN3O2S/c18-13-3-5-15(6-4-13)24-12-17(23)20-8-9-21(16(22)11-20)14-2-1-7-19-10-14/h1-7,10H,8-9,11-12H2. The van der Waals surface area contributed by atoms with Gasteiger partial charge in [-0.15, -0.1) is 11.8 Å². The van der Waals surface area contributed by atoms with Gasteiger partial charge in [0.15, 0.2) is 0 Å². The number of carbonyl (C=O) groups excluding carboxylic acids is 2. The van der Waals surface area contributed by atoms with Crippen molar-refractivity contribution in [2.75, 3.05) is 30.3 Å². The van der Waals surface area contributed by atoms with Gasteiger partial charge >= 0.3 is 0 Å². The van der Waals surface area contributed by atoms with Crippen molar-refractivity contribution in [1.29, 1.82) is 0 Å². The van der Waals surface area contributed by atoms with Gasteiger partial charge < -0.3 is 9.80 Å². The van der Waals surface area contributed by atoms with Crippen LogP contribution in [0, 0.1) is 5.82 Å². The van der Waals surface area contributed by atoms with Crippen LogP contribution in [0.3, 0.4) is 0 Å². The minimum Gasteiger partial charge on any atom is -0.331 e. The lowest BCUT2D eigenvalue weighted by Crippen LogP contribution is -2.52. The maximum atomic E-state index is 12.9. The van der Waals surface area contributed by atoms with Crippen LogP contribution in [0.2, 0.25) is 0 Å². The Balaban J connectivity index is 1.54. The molecule has 1 saturated heterocycles. The second-order valence-corrected chi connectivity index (χ2v) is 6.36. The van der Waals surface area contributed by atoms with Gasteiger partial charge in [-0.1, -0.05) is 0 Å². The van der Waals surface area contributed by atoms with Gasteiger partial charge in [-0.3, -0.25) is 14.6 Å². The van der Waals surface area contributed by atoms with Crippen LogP contribution in [0.4, 0.5) is 10.1 Å². The monoisotopic (exact) mass is 345 g/mol. The number of benzene rings is 1. The SMILES string of the molecule is O=C(CSc1ccc(F)cc1)N1CCN(c2cccnc2)C(=O)C1. The molecule has 0 N–H and O–H groups in total.